The Morgan fingerprint density at radius 2 is 0.407 bits per heavy atom. The summed E-state index contributed by atoms with van der Waals surface area (Å²) in [5.74, 6) is -0.851. The zero-order valence-corrected chi connectivity index (χ0v) is 54.8. The van der Waals surface area contributed by atoms with Crippen LogP contribution < -0.4 is 0 Å². The molecule has 0 aromatic heterocycles. The van der Waals surface area contributed by atoms with E-state index in [1.54, 1.807) is 0 Å². The van der Waals surface area contributed by atoms with Crippen LogP contribution in [0, 0.1) is 0 Å². The Bertz CT molecular complexity index is 1350. The molecule has 0 saturated heterocycles. The summed E-state index contributed by atoms with van der Waals surface area (Å²) in [6.07, 6.45) is 87.6. The van der Waals surface area contributed by atoms with E-state index >= 15 is 0 Å². The van der Waals surface area contributed by atoms with Crippen LogP contribution in [0.3, 0.4) is 0 Å². The summed E-state index contributed by atoms with van der Waals surface area (Å²) in [5, 5.41) is 0. The van der Waals surface area contributed by atoms with Crippen molar-refractivity contribution in [2.24, 2.45) is 0 Å². The van der Waals surface area contributed by atoms with Gasteiger partial charge in [-0.15, -0.1) is 0 Å². The van der Waals surface area contributed by atoms with Crippen LogP contribution in [-0.4, -0.2) is 37.2 Å². The monoisotopic (exact) mass is 1140 g/mol. The molecule has 0 bridgehead atoms. The van der Waals surface area contributed by atoms with Gasteiger partial charge < -0.3 is 14.2 Å². The first-order chi connectivity index (χ1) is 40.0. The number of carbonyl (C=O) groups excluding carboxylic acids is 3. The number of hydrogen-bond acceptors (Lipinski definition) is 6. The van der Waals surface area contributed by atoms with Gasteiger partial charge in [-0.3, -0.25) is 14.4 Å². The summed E-state index contributed by atoms with van der Waals surface area (Å²) in [7, 11) is 0. The Kier molecular flexibility index (Phi) is 68.1. The van der Waals surface area contributed by atoms with Crippen molar-refractivity contribution < 1.29 is 28.6 Å². The third-order valence-corrected chi connectivity index (χ3v) is 16.6. The van der Waals surface area contributed by atoms with Crippen LogP contribution in [0.4, 0.5) is 0 Å². The van der Waals surface area contributed by atoms with E-state index in [9.17, 15) is 14.4 Å². The summed E-state index contributed by atoms with van der Waals surface area (Å²) in [6, 6.07) is 0. The van der Waals surface area contributed by atoms with Crippen molar-refractivity contribution in [2.75, 3.05) is 13.2 Å². The summed E-state index contributed by atoms with van der Waals surface area (Å²) in [6.45, 7) is 6.69. The van der Waals surface area contributed by atoms with Gasteiger partial charge in [0.15, 0.2) is 6.10 Å². The third-order valence-electron chi connectivity index (χ3n) is 16.6. The fourth-order valence-corrected chi connectivity index (χ4v) is 11.1. The van der Waals surface area contributed by atoms with Gasteiger partial charge in [-0.05, 0) is 96.3 Å². The second-order valence-electron chi connectivity index (χ2n) is 24.8. The summed E-state index contributed by atoms with van der Waals surface area (Å²) in [4.78, 5) is 38.4. The number of unbranched alkanes of at least 4 members (excludes halogenated alkanes) is 51. The topological polar surface area (TPSA) is 78.9 Å². The maximum absolute atomic E-state index is 13.0. The Balaban J connectivity index is 4.22. The molecule has 0 aliphatic rings. The first-order valence-corrected chi connectivity index (χ1v) is 36.5. The maximum Gasteiger partial charge on any atom is 0.306 e. The first kappa shape index (κ1) is 78.6. The van der Waals surface area contributed by atoms with Crippen LogP contribution in [0.2, 0.25) is 0 Å². The lowest BCUT2D eigenvalue weighted by molar-refractivity contribution is -0.167. The van der Waals surface area contributed by atoms with Gasteiger partial charge in [-0.1, -0.05) is 327 Å². The second-order valence-corrected chi connectivity index (χ2v) is 24.8. The minimum Gasteiger partial charge on any atom is -0.462 e. The third kappa shape index (κ3) is 68.3. The van der Waals surface area contributed by atoms with Gasteiger partial charge in [0.05, 0.1) is 0 Å². The standard InChI is InChI=1S/C75H140O6/c1-4-7-10-13-16-19-22-25-27-29-31-33-35-37-39-41-43-45-47-50-53-56-59-62-65-68-74(77)80-71-72(70-79-73(76)67-64-61-58-55-52-49-24-21-18-15-12-9-6-3)81-75(78)69-66-63-60-57-54-51-48-46-44-42-40-38-36-34-32-30-28-26-23-20-17-14-11-8-5-2/h21,24,29-32,72H,4-20,22-23,25-28,33-71H2,1-3H3/b24-21-,31-29-,32-30-. The number of carbonyl (C=O) groups is 3. The molecule has 0 aromatic carbocycles. The van der Waals surface area contributed by atoms with Crippen molar-refractivity contribution in [2.45, 2.75) is 412 Å². The van der Waals surface area contributed by atoms with E-state index in [-0.39, 0.29) is 31.1 Å². The molecule has 81 heavy (non-hydrogen) atoms. The highest BCUT2D eigenvalue weighted by Gasteiger charge is 2.19. The lowest BCUT2D eigenvalue weighted by Crippen LogP contribution is -2.30. The Hall–Kier alpha value is -2.37. The molecule has 0 amide bonds. The van der Waals surface area contributed by atoms with Crippen LogP contribution in [-0.2, 0) is 28.6 Å². The molecule has 0 aliphatic carbocycles. The number of ether oxygens (including phenoxy) is 3. The smallest absolute Gasteiger partial charge is 0.306 e. The average Bonchev–Trinajstić information content (AvgIpc) is 3.46. The van der Waals surface area contributed by atoms with Gasteiger partial charge in [-0.25, -0.2) is 0 Å². The minimum absolute atomic E-state index is 0.0705. The average molecular weight is 1140 g/mol. The van der Waals surface area contributed by atoms with Crippen molar-refractivity contribution in [1.82, 2.24) is 0 Å². The van der Waals surface area contributed by atoms with E-state index in [4.69, 9.17) is 14.2 Å². The van der Waals surface area contributed by atoms with Crippen LogP contribution in [0.1, 0.15) is 406 Å². The van der Waals surface area contributed by atoms with E-state index in [1.165, 1.54) is 302 Å². The molecule has 0 radical (unpaired) electrons. The van der Waals surface area contributed by atoms with Crippen LogP contribution in [0.5, 0.6) is 0 Å². The predicted molar refractivity (Wildman–Crippen MR) is 353 cm³/mol. The Morgan fingerprint density at radius 1 is 0.235 bits per heavy atom. The van der Waals surface area contributed by atoms with Gasteiger partial charge in [0.25, 0.3) is 0 Å². The Labute approximate surface area is 506 Å². The molecule has 6 nitrogen and oxygen atoms in total. The van der Waals surface area contributed by atoms with Crippen molar-refractivity contribution >= 4 is 17.9 Å². The zero-order chi connectivity index (χ0) is 58.5. The van der Waals surface area contributed by atoms with E-state index in [0.29, 0.717) is 19.3 Å². The molecule has 0 spiro atoms. The quantitative estimate of drug-likeness (QED) is 0.0261. The number of allylic oxidation sites excluding steroid dienone is 6. The SMILES string of the molecule is CCCCCC/C=C\CCCCCCCC(=O)OCC(COC(=O)CCCCCCCCCCCCCCC/C=C\CCCCCCCCCC)OC(=O)CCCCCCCCCCCCCCC/C=C\CCCCCCCCCC. The molecule has 0 aromatic rings. The summed E-state index contributed by atoms with van der Waals surface area (Å²) in [5.41, 5.74) is 0. The molecule has 6 heteroatoms. The van der Waals surface area contributed by atoms with Gasteiger partial charge in [0.1, 0.15) is 13.2 Å². The van der Waals surface area contributed by atoms with E-state index in [2.05, 4.69) is 57.2 Å². The van der Waals surface area contributed by atoms with Gasteiger partial charge >= 0.3 is 17.9 Å². The molecule has 1 unspecified atom stereocenters. The molecule has 0 fully saturated rings. The van der Waals surface area contributed by atoms with Crippen LogP contribution in [0.15, 0.2) is 36.5 Å². The van der Waals surface area contributed by atoms with E-state index < -0.39 is 6.10 Å². The number of esters is 3. The molecule has 0 aliphatic heterocycles. The van der Waals surface area contributed by atoms with Gasteiger partial charge in [0, 0.05) is 19.3 Å². The lowest BCUT2D eigenvalue weighted by Gasteiger charge is -2.18. The zero-order valence-electron chi connectivity index (χ0n) is 54.8. The highest BCUT2D eigenvalue weighted by Crippen LogP contribution is 2.18. The van der Waals surface area contributed by atoms with Crippen molar-refractivity contribution in [3.63, 3.8) is 0 Å². The van der Waals surface area contributed by atoms with Crippen molar-refractivity contribution in [3.8, 4) is 0 Å². The van der Waals surface area contributed by atoms with Gasteiger partial charge in [0.2, 0.25) is 0 Å². The maximum atomic E-state index is 13.0. The molecule has 0 heterocycles. The van der Waals surface area contributed by atoms with Crippen LogP contribution >= 0.6 is 0 Å². The van der Waals surface area contributed by atoms with Gasteiger partial charge in [-0.2, -0.15) is 0 Å². The lowest BCUT2D eigenvalue weighted by atomic mass is 10.0. The number of rotatable bonds is 68. The molecule has 0 N–H and O–H groups in total. The largest absolute Gasteiger partial charge is 0.462 e. The summed E-state index contributed by atoms with van der Waals surface area (Å²) >= 11 is 0. The number of hydrogen-bond donors (Lipinski definition) is 0. The highest BCUT2D eigenvalue weighted by molar-refractivity contribution is 5.71. The second kappa shape index (κ2) is 70.1. The fraction of sp³-hybridized carbons (Fsp3) is 0.880. The molecular formula is C75H140O6. The summed E-state index contributed by atoms with van der Waals surface area (Å²) < 4.78 is 17.0. The first-order valence-electron chi connectivity index (χ1n) is 36.5. The van der Waals surface area contributed by atoms with E-state index in [0.717, 1.165) is 64.2 Å². The van der Waals surface area contributed by atoms with Crippen molar-refractivity contribution in [1.29, 1.82) is 0 Å². The molecule has 476 valence electrons. The van der Waals surface area contributed by atoms with Crippen LogP contribution in [0.25, 0.3) is 0 Å². The minimum atomic E-state index is -0.775. The molecular weight excluding hydrogens is 997 g/mol. The Morgan fingerprint density at radius 3 is 0.630 bits per heavy atom. The van der Waals surface area contributed by atoms with Crippen molar-refractivity contribution in [3.05, 3.63) is 36.5 Å². The molecule has 0 saturated carbocycles. The normalized spacial score (nSPS) is 12.2. The van der Waals surface area contributed by atoms with E-state index in [1.807, 2.05) is 0 Å². The molecule has 1 atom stereocenters. The molecule has 0 rings (SSSR count). The highest BCUT2D eigenvalue weighted by atomic mass is 16.6. The fourth-order valence-electron chi connectivity index (χ4n) is 11.1. The predicted octanol–water partition coefficient (Wildman–Crippen LogP) is 25.1.